The van der Waals surface area contributed by atoms with Crippen molar-refractivity contribution in [2.75, 3.05) is 13.1 Å². The number of halogens is 1. The minimum absolute atomic E-state index is 0.130. The van der Waals surface area contributed by atoms with E-state index in [0.29, 0.717) is 9.93 Å². The Hall–Kier alpha value is -1.26. The molecule has 0 saturated carbocycles. The highest BCUT2D eigenvalue weighted by Gasteiger charge is 2.26. The number of thioether (sulfide) groups is 1. The van der Waals surface area contributed by atoms with Crippen molar-refractivity contribution in [3.05, 3.63) is 39.8 Å². The van der Waals surface area contributed by atoms with Crippen molar-refractivity contribution >= 4 is 40.5 Å². The van der Waals surface area contributed by atoms with Crippen LogP contribution in [-0.2, 0) is 4.79 Å². The molecule has 21 heavy (non-hydrogen) atoms. The molecule has 0 aromatic heterocycles. The van der Waals surface area contributed by atoms with Crippen LogP contribution in [-0.4, -0.2) is 29.1 Å². The van der Waals surface area contributed by atoms with E-state index < -0.39 is 0 Å². The number of benzene rings is 1. The van der Waals surface area contributed by atoms with E-state index in [-0.39, 0.29) is 5.91 Å². The van der Waals surface area contributed by atoms with Crippen LogP contribution in [0.5, 0.6) is 0 Å². The molecule has 2 aliphatic rings. The van der Waals surface area contributed by atoms with Crippen LogP contribution in [0.2, 0.25) is 5.02 Å². The first-order valence-electron chi connectivity index (χ1n) is 7.25. The normalized spacial score (nSPS) is 21.6. The van der Waals surface area contributed by atoms with Crippen LogP contribution >= 0.6 is 23.4 Å². The predicted octanol–water partition coefficient (Wildman–Crippen LogP) is 4.19. The van der Waals surface area contributed by atoms with Crippen LogP contribution in [0.25, 0.3) is 6.08 Å². The van der Waals surface area contributed by atoms with E-state index in [0.717, 1.165) is 23.8 Å². The molecule has 1 aromatic carbocycles. The predicted molar refractivity (Wildman–Crippen MR) is 89.5 cm³/mol. The molecule has 0 spiro atoms. The second-order valence-corrected chi connectivity index (χ2v) is 6.71. The molecule has 110 valence electrons. The summed E-state index contributed by atoms with van der Waals surface area (Å²) in [5, 5.41) is 1.56. The number of likely N-dealkylation sites (tertiary alicyclic amines) is 1. The summed E-state index contributed by atoms with van der Waals surface area (Å²) in [5.74, 6) is -0.130. The van der Waals surface area contributed by atoms with Gasteiger partial charge in [0.25, 0.3) is 5.91 Å². The fourth-order valence-electron chi connectivity index (χ4n) is 2.51. The molecule has 0 atom stereocenters. The minimum atomic E-state index is -0.130. The Balaban J connectivity index is 1.73. The minimum Gasteiger partial charge on any atom is -0.351 e. The van der Waals surface area contributed by atoms with Crippen LogP contribution in [0, 0.1) is 0 Å². The Morgan fingerprint density at radius 3 is 2.43 bits per heavy atom. The van der Waals surface area contributed by atoms with Crippen LogP contribution in [0.4, 0.5) is 0 Å². The van der Waals surface area contributed by atoms with Crippen LogP contribution in [0.15, 0.2) is 34.2 Å². The highest BCUT2D eigenvalue weighted by molar-refractivity contribution is 8.18. The molecule has 0 aliphatic carbocycles. The summed E-state index contributed by atoms with van der Waals surface area (Å²) in [6.45, 7) is 2.01. The van der Waals surface area contributed by atoms with Gasteiger partial charge in [0.2, 0.25) is 0 Å². The van der Waals surface area contributed by atoms with Crippen LogP contribution in [0.1, 0.15) is 31.2 Å². The Labute approximate surface area is 134 Å². The molecule has 5 heteroatoms. The number of amides is 1. The van der Waals surface area contributed by atoms with Crippen molar-refractivity contribution in [3.8, 4) is 0 Å². The zero-order chi connectivity index (χ0) is 14.7. The lowest BCUT2D eigenvalue weighted by atomic mass is 10.2. The number of aliphatic imine (C=N–C) groups is 1. The molecule has 1 amide bonds. The molecule has 3 rings (SSSR count). The van der Waals surface area contributed by atoms with Crippen LogP contribution in [0.3, 0.4) is 0 Å². The van der Waals surface area contributed by atoms with Gasteiger partial charge in [0.05, 0.1) is 4.91 Å². The summed E-state index contributed by atoms with van der Waals surface area (Å²) in [5.41, 5.74) is 0.975. The van der Waals surface area contributed by atoms with E-state index in [1.165, 1.54) is 37.4 Å². The third kappa shape index (κ3) is 3.69. The Morgan fingerprint density at radius 2 is 1.76 bits per heavy atom. The molecule has 0 N–H and O–H groups in total. The van der Waals surface area contributed by atoms with Crippen molar-refractivity contribution in [1.82, 2.24) is 4.90 Å². The van der Waals surface area contributed by atoms with E-state index in [1.54, 1.807) is 0 Å². The SMILES string of the molecule is O=C1N=C(N2CCCCCC2)S/C1=C/c1ccc(Cl)cc1. The lowest BCUT2D eigenvalue weighted by Crippen LogP contribution is -2.28. The zero-order valence-corrected chi connectivity index (χ0v) is 13.3. The first-order valence-corrected chi connectivity index (χ1v) is 8.45. The Kier molecular flexibility index (Phi) is 4.66. The molecule has 0 unspecified atom stereocenters. The maximum absolute atomic E-state index is 12.1. The first-order chi connectivity index (χ1) is 10.2. The molecule has 2 aliphatic heterocycles. The van der Waals surface area contributed by atoms with Gasteiger partial charge in [0, 0.05) is 18.1 Å². The summed E-state index contributed by atoms with van der Waals surface area (Å²) in [6, 6.07) is 7.48. The van der Waals surface area contributed by atoms with Gasteiger partial charge in [0.1, 0.15) is 0 Å². The smallest absolute Gasteiger partial charge is 0.286 e. The third-order valence-electron chi connectivity index (χ3n) is 3.65. The van der Waals surface area contributed by atoms with Crippen molar-refractivity contribution in [1.29, 1.82) is 0 Å². The highest BCUT2D eigenvalue weighted by atomic mass is 35.5. The number of rotatable bonds is 1. The average Bonchev–Trinajstić information content (AvgIpc) is 2.69. The summed E-state index contributed by atoms with van der Waals surface area (Å²) in [4.78, 5) is 19.2. The summed E-state index contributed by atoms with van der Waals surface area (Å²) in [6.07, 6.45) is 6.80. The topological polar surface area (TPSA) is 32.7 Å². The van der Waals surface area contributed by atoms with Crippen molar-refractivity contribution < 1.29 is 4.79 Å². The van der Waals surface area contributed by atoms with Crippen molar-refractivity contribution in [3.63, 3.8) is 0 Å². The van der Waals surface area contributed by atoms with E-state index in [4.69, 9.17) is 11.6 Å². The monoisotopic (exact) mass is 320 g/mol. The van der Waals surface area contributed by atoms with Gasteiger partial charge in [0.15, 0.2) is 5.17 Å². The van der Waals surface area contributed by atoms with Gasteiger partial charge in [-0.05, 0) is 48.4 Å². The quantitative estimate of drug-likeness (QED) is 0.727. The van der Waals surface area contributed by atoms with Gasteiger partial charge < -0.3 is 4.90 Å². The van der Waals surface area contributed by atoms with Gasteiger partial charge in [-0.2, -0.15) is 4.99 Å². The van der Waals surface area contributed by atoms with Crippen LogP contribution < -0.4 is 0 Å². The molecule has 0 bridgehead atoms. The number of hydrogen-bond acceptors (Lipinski definition) is 3. The third-order valence-corrected chi connectivity index (χ3v) is 4.95. The fourth-order valence-corrected chi connectivity index (χ4v) is 3.60. The van der Waals surface area contributed by atoms with Gasteiger partial charge >= 0.3 is 0 Å². The second kappa shape index (κ2) is 6.67. The largest absolute Gasteiger partial charge is 0.351 e. The van der Waals surface area contributed by atoms with E-state index in [9.17, 15) is 4.79 Å². The van der Waals surface area contributed by atoms with Gasteiger partial charge in [-0.15, -0.1) is 0 Å². The molecule has 2 heterocycles. The number of amidine groups is 1. The lowest BCUT2D eigenvalue weighted by molar-refractivity contribution is -0.113. The molecule has 1 fully saturated rings. The standard InChI is InChI=1S/C16H17ClN2OS/c17-13-7-5-12(6-8-13)11-14-15(20)18-16(21-14)19-9-3-1-2-4-10-19/h5-8,11H,1-4,9-10H2/b14-11+. The summed E-state index contributed by atoms with van der Waals surface area (Å²) in [7, 11) is 0. The lowest BCUT2D eigenvalue weighted by Gasteiger charge is -2.20. The first kappa shape index (κ1) is 14.7. The number of nitrogens with zero attached hydrogens (tertiary/aromatic N) is 2. The van der Waals surface area contributed by atoms with E-state index in [2.05, 4.69) is 9.89 Å². The van der Waals surface area contributed by atoms with Crippen molar-refractivity contribution in [2.45, 2.75) is 25.7 Å². The maximum atomic E-state index is 12.1. The highest BCUT2D eigenvalue weighted by Crippen LogP contribution is 2.31. The second-order valence-electron chi connectivity index (χ2n) is 5.26. The fraction of sp³-hybridized carbons (Fsp3) is 0.375. The van der Waals surface area contributed by atoms with Crippen molar-refractivity contribution in [2.24, 2.45) is 4.99 Å². The van der Waals surface area contributed by atoms with Gasteiger partial charge in [-0.25, -0.2) is 0 Å². The van der Waals surface area contributed by atoms with E-state index in [1.807, 2.05) is 30.3 Å². The summed E-state index contributed by atoms with van der Waals surface area (Å²) >= 11 is 7.36. The molecule has 1 saturated heterocycles. The molecule has 3 nitrogen and oxygen atoms in total. The van der Waals surface area contributed by atoms with E-state index >= 15 is 0 Å². The van der Waals surface area contributed by atoms with Gasteiger partial charge in [-0.3, -0.25) is 4.79 Å². The Morgan fingerprint density at radius 1 is 1.10 bits per heavy atom. The molecular weight excluding hydrogens is 304 g/mol. The zero-order valence-electron chi connectivity index (χ0n) is 11.7. The molecule has 1 aromatic rings. The average molecular weight is 321 g/mol. The summed E-state index contributed by atoms with van der Waals surface area (Å²) < 4.78 is 0. The number of carbonyl (C=O) groups is 1. The Bertz CT molecular complexity index is 587. The maximum Gasteiger partial charge on any atom is 0.286 e. The number of hydrogen-bond donors (Lipinski definition) is 0. The number of carbonyl (C=O) groups excluding carboxylic acids is 1. The molecular formula is C16H17ClN2OS. The molecule has 0 radical (unpaired) electrons. The van der Waals surface area contributed by atoms with Gasteiger partial charge in [-0.1, -0.05) is 36.6 Å².